The smallest absolute Gasteiger partial charge is 0.678 e. The zero-order valence-electron chi connectivity index (χ0n) is 22.9. The fourth-order valence-corrected chi connectivity index (χ4v) is 2.59. The molecule has 0 aliphatic rings. The van der Waals surface area contributed by atoms with Gasteiger partial charge in [0.25, 0.3) is 0 Å². The number of aliphatic imine (C=N–C) groups is 1. The molecule has 6 nitrogen and oxygen atoms in total. The van der Waals surface area contributed by atoms with E-state index in [1.54, 1.807) is 42.3 Å². The molecular formula is C26H44HfN6. The topological polar surface area (TPSA) is 72.0 Å². The van der Waals surface area contributed by atoms with Gasteiger partial charge in [-0.05, 0) is 38.8 Å². The van der Waals surface area contributed by atoms with Crippen molar-refractivity contribution in [1.29, 1.82) is 0 Å². The maximum atomic E-state index is 4.88. The fraction of sp³-hybridized carbons (Fsp3) is 0.500. The summed E-state index contributed by atoms with van der Waals surface area (Å²) in [6, 6.07) is 12.5. The van der Waals surface area contributed by atoms with E-state index in [0.29, 0.717) is 6.54 Å². The Morgan fingerprint density at radius 3 is 1.36 bits per heavy atom. The molecule has 0 fully saturated rings. The van der Waals surface area contributed by atoms with Gasteiger partial charge in [0.15, 0.2) is 0 Å². The molecule has 33 heavy (non-hydrogen) atoms. The van der Waals surface area contributed by atoms with Crippen LogP contribution in [-0.2, 0) is 25.8 Å². The summed E-state index contributed by atoms with van der Waals surface area (Å²) in [5, 5.41) is 15.3. The van der Waals surface area contributed by atoms with Gasteiger partial charge in [0.1, 0.15) is 0 Å². The Bertz CT molecular complexity index is 730. The monoisotopic (exact) mass is 620 g/mol. The zero-order chi connectivity index (χ0) is 25.1. The van der Waals surface area contributed by atoms with Crippen molar-refractivity contribution in [2.75, 3.05) is 62.9 Å². The van der Waals surface area contributed by atoms with Crippen LogP contribution in [0.1, 0.15) is 22.3 Å². The third-order valence-electron chi connectivity index (χ3n) is 4.01. The summed E-state index contributed by atoms with van der Waals surface area (Å²) in [4.78, 5) is 6.93. The molecule has 0 unspecified atom stereocenters. The average molecular weight is 619 g/mol. The largest absolute Gasteiger partial charge is 4.00 e. The quantitative estimate of drug-likeness (QED) is 0.205. The summed E-state index contributed by atoms with van der Waals surface area (Å²) in [5.74, 6) is 0.963. The van der Waals surface area contributed by atoms with Crippen molar-refractivity contribution < 1.29 is 25.8 Å². The molecule has 0 spiro atoms. The molecule has 0 bridgehead atoms. The van der Waals surface area contributed by atoms with Gasteiger partial charge in [-0.1, -0.05) is 54.1 Å². The van der Waals surface area contributed by atoms with E-state index in [9.17, 15) is 0 Å². The number of amidine groups is 1. The van der Waals surface area contributed by atoms with Crippen molar-refractivity contribution in [2.45, 2.75) is 27.7 Å². The van der Waals surface area contributed by atoms with Gasteiger partial charge in [0.2, 0.25) is 0 Å². The van der Waals surface area contributed by atoms with Gasteiger partial charge in [-0.3, -0.25) is 0 Å². The first kappa shape index (κ1) is 36.0. The third kappa shape index (κ3) is 15.8. The van der Waals surface area contributed by atoms with Gasteiger partial charge in [-0.25, -0.2) is 4.99 Å². The molecule has 2 aromatic carbocycles. The number of para-hydroxylation sites is 2. The Balaban J connectivity index is -0.000000780. The summed E-state index contributed by atoms with van der Waals surface area (Å²) in [6.45, 7) is 8.98. The Hall–Kier alpha value is -1.54. The Morgan fingerprint density at radius 1 is 0.697 bits per heavy atom. The van der Waals surface area contributed by atoms with Gasteiger partial charge < -0.3 is 26.2 Å². The SMILES string of the molecule is C[N-]C.C[N-]C.C[N-]C.Cc1cccc(C)c1N=C(C[N-]c1c(C)cccc1C)N(C)C.[Hf+4]. The van der Waals surface area contributed by atoms with Crippen LogP contribution in [0.15, 0.2) is 41.4 Å². The van der Waals surface area contributed by atoms with E-state index in [0.717, 1.165) is 17.2 Å². The molecule has 0 saturated carbocycles. The maximum Gasteiger partial charge on any atom is 4.00 e. The van der Waals surface area contributed by atoms with Gasteiger partial charge >= 0.3 is 25.8 Å². The van der Waals surface area contributed by atoms with Crippen molar-refractivity contribution in [2.24, 2.45) is 4.99 Å². The van der Waals surface area contributed by atoms with E-state index in [-0.39, 0.29) is 25.8 Å². The van der Waals surface area contributed by atoms with Crippen LogP contribution >= 0.6 is 0 Å². The average Bonchev–Trinajstić information content (AvgIpc) is 2.70. The summed E-state index contributed by atoms with van der Waals surface area (Å²) >= 11 is 0. The second-order valence-electron chi connectivity index (χ2n) is 7.56. The van der Waals surface area contributed by atoms with Crippen molar-refractivity contribution in [3.63, 3.8) is 0 Å². The van der Waals surface area contributed by atoms with Crippen molar-refractivity contribution in [3.05, 3.63) is 79.9 Å². The zero-order valence-corrected chi connectivity index (χ0v) is 26.4. The minimum absolute atomic E-state index is 0. The molecule has 0 aromatic heterocycles. The number of nitrogens with zero attached hydrogens (tertiary/aromatic N) is 6. The molecule has 0 saturated heterocycles. The minimum atomic E-state index is 0. The van der Waals surface area contributed by atoms with Crippen LogP contribution < -0.4 is 0 Å². The number of hydrogen-bond donors (Lipinski definition) is 0. The van der Waals surface area contributed by atoms with Crippen molar-refractivity contribution in [1.82, 2.24) is 4.90 Å². The Labute approximate surface area is 222 Å². The summed E-state index contributed by atoms with van der Waals surface area (Å²) in [5.41, 5.74) is 6.91. The molecule has 0 aliphatic carbocycles. The van der Waals surface area contributed by atoms with E-state index in [2.05, 4.69) is 80.0 Å². The van der Waals surface area contributed by atoms with E-state index >= 15 is 0 Å². The number of likely N-dealkylation sites (N-methyl/N-ethyl adjacent to an activating group) is 1. The molecule has 0 atom stereocenters. The number of hydrogen-bond acceptors (Lipinski definition) is 1. The summed E-state index contributed by atoms with van der Waals surface area (Å²) in [7, 11) is 14.5. The van der Waals surface area contributed by atoms with E-state index in [4.69, 9.17) is 10.3 Å². The van der Waals surface area contributed by atoms with Crippen LogP contribution in [0.3, 0.4) is 0 Å². The standard InChI is InChI=1S/C20H26N3.3C2H6N.Hf/c1-14-9-7-10-15(2)19(14)21-13-18(23(5)6)22-20-16(3)11-8-12-17(20)4;3*1-3-2;/h7-12H,13H2,1-6H3;3*1-2H3;/q4*-1;+4. The molecule has 2 rings (SSSR count). The van der Waals surface area contributed by atoms with Gasteiger partial charge in [-0.15, -0.1) is 5.69 Å². The van der Waals surface area contributed by atoms with Crippen LogP contribution in [0.4, 0.5) is 11.4 Å². The molecular weight excluding hydrogens is 575 g/mol. The molecule has 182 valence electrons. The van der Waals surface area contributed by atoms with Crippen LogP contribution in [0.5, 0.6) is 0 Å². The minimum Gasteiger partial charge on any atom is -0.678 e. The summed E-state index contributed by atoms with van der Waals surface area (Å²) < 4.78 is 0. The van der Waals surface area contributed by atoms with Gasteiger partial charge in [-0.2, -0.15) is 42.3 Å². The maximum absolute atomic E-state index is 4.88. The van der Waals surface area contributed by atoms with Crippen LogP contribution in [-0.4, -0.2) is 73.7 Å². The first-order valence-electron chi connectivity index (χ1n) is 10.6. The first-order chi connectivity index (χ1) is 15.1. The predicted molar refractivity (Wildman–Crippen MR) is 146 cm³/mol. The number of aryl methyl sites for hydroxylation is 4. The molecule has 0 radical (unpaired) electrons. The first-order valence-corrected chi connectivity index (χ1v) is 10.6. The number of benzene rings is 2. The summed E-state index contributed by atoms with van der Waals surface area (Å²) in [6.07, 6.45) is 0. The normalized spacial score (nSPS) is 9.64. The van der Waals surface area contributed by atoms with Crippen LogP contribution in [0.25, 0.3) is 21.3 Å². The van der Waals surface area contributed by atoms with E-state index < -0.39 is 0 Å². The Kier molecular flexibility index (Phi) is 24.3. The molecule has 2 aromatic rings. The molecule has 0 N–H and O–H groups in total. The van der Waals surface area contributed by atoms with Crippen LogP contribution in [0.2, 0.25) is 0 Å². The third-order valence-corrected chi connectivity index (χ3v) is 4.01. The second-order valence-corrected chi connectivity index (χ2v) is 7.56. The molecule has 0 amide bonds. The molecule has 7 heteroatoms. The van der Waals surface area contributed by atoms with E-state index in [1.807, 2.05) is 19.0 Å². The second kappa shape index (κ2) is 22.3. The van der Waals surface area contributed by atoms with Crippen molar-refractivity contribution in [3.8, 4) is 0 Å². The van der Waals surface area contributed by atoms with Gasteiger partial charge in [0, 0.05) is 14.1 Å². The Morgan fingerprint density at radius 2 is 1.03 bits per heavy atom. The predicted octanol–water partition coefficient (Wildman–Crippen LogP) is 7.07. The van der Waals surface area contributed by atoms with E-state index in [1.165, 1.54) is 22.3 Å². The van der Waals surface area contributed by atoms with Gasteiger partial charge in [0.05, 0.1) is 11.5 Å². The number of rotatable bonds is 4. The van der Waals surface area contributed by atoms with Crippen molar-refractivity contribution >= 4 is 17.2 Å². The fourth-order valence-electron chi connectivity index (χ4n) is 2.59. The molecule has 0 aliphatic heterocycles. The van der Waals surface area contributed by atoms with Crippen LogP contribution in [0, 0.1) is 27.7 Å². The molecule has 0 heterocycles.